The fraction of sp³-hybridized carbons (Fsp3) is 1.00. The maximum atomic E-state index is 3.11. The van der Waals surface area contributed by atoms with Crippen LogP contribution in [0.4, 0.5) is 0 Å². The van der Waals surface area contributed by atoms with Crippen molar-refractivity contribution in [1.29, 1.82) is 0 Å². The van der Waals surface area contributed by atoms with Crippen LogP contribution >= 0.6 is 22.6 Å². The first-order chi connectivity index (χ1) is 9.47. The van der Waals surface area contributed by atoms with Crippen LogP contribution in [0.25, 0.3) is 0 Å². The maximum Gasteiger partial charge on any atom is 0.0599 e. The zero-order chi connectivity index (χ0) is 17.5. The third kappa shape index (κ3) is 33.7. The molecule has 0 saturated heterocycles. The van der Waals surface area contributed by atoms with Crippen molar-refractivity contribution in [3.05, 3.63) is 0 Å². The third-order valence-corrected chi connectivity index (χ3v) is 11.6. The lowest BCUT2D eigenvalue weighted by Crippen LogP contribution is -2.39. The lowest BCUT2D eigenvalue weighted by Gasteiger charge is -2.26. The Morgan fingerprint density at radius 1 is 0.762 bits per heavy atom. The highest BCUT2D eigenvalue weighted by atomic mass is 127. The van der Waals surface area contributed by atoms with E-state index < -0.39 is 16.1 Å². The minimum absolute atomic E-state index is 0.645. The normalized spacial score (nSPS) is 11.4. The number of nitrogens with zero attached hydrogens (tertiary/aromatic N) is 1. The molecule has 0 atom stereocenters. The fourth-order valence-corrected chi connectivity index (χ4v) is 3.16. The highest BCUT2D eigenvalue weighted by molar-refractivity contribution is 14.1. The second-order valence-electron chi connectivity index (χ2n) is 7.67. The Kier molecular flexibility index (Phi) is 20.5. The van der Waals surface area contributed by atoms with Gasteiger partial charge in [-0.15, -0.1) is 0 Å². The van der Waals surface area contributed by atoms with E-state index in [0.717, 1.165) is 13.1 Å². The van der Waals surface area contributed by atoms with Gasteiger partial charge in [0.05, 0.1) is 16.1 Å². The molecule has 0 unspecified atom stereocenters. The molecule has 0 heterocycles. The molecular weight excluding hydrogens is 403 g/mol. The van der Waals surface area contributed by atoms with Gasteiger partial charge < -0.3 is 10.2 Å². The first kappa shape index (κ1) is 27.0. The summed E-state index contributed by atoms with van der Waals surface area (Å²) in [7, 11) is -1.48. The molecule has 0 aliphatic carbocycles. The molecule has 0 spiro atoms. The molecule has 0 aromatic heterocycles. The minimum Gasteiger partial charge on any atom is -0.317 e. The Balaban J connectivity index is -0.000000252. The van der Waals surface area contributed by atoms with Crippen LogP contribution in [0.1, 0.15) is 27.7 Å². The molecule has 1 N–H and O–H groups in total. The van der Waals surface area contributed by atoms with Crippen molar-refractivity contribution in [3.8, 4) is 0 Å². The summed E-state index contributed by atoms with van der Waals surface area (Å²) in [5.41, 5.74) is 0. The molecule has 132 valence electrons. The van der Waals surface area contributed by atoms with E-state index in [4.69, 9.17) is 0 Å². The molecule has 0 fully saturated rings. The zero-order valence-corrected chi connectivity index (χ0v) is 20.7. The number of rotatable bonds is 7. The predicted molar refractivity (Wildman–Crippen MR) is 118 cm³/mol. The van der Waals surface area contributed by atoms with E-state index in [2.05, 4.69) is 99.8 Å². The number of halogens is 1. The Labute approximate surface area is 152 Å². The quantitative estimate of drug-likeness (QED) is 0.332. The van der Waals surface area contributed by atoms with Crippen LogP contribution in [0, 0.1) is 0 Å². The van der Waals surface area contributed by atoms with E-state index in [1.54, 1.807) is 0 Å². The van der Waals surface area contributed by atoms with Gasteiger partial charge in [0.2, 0.25) is 0 Å². The summed E-state index contributed by atoms with van der Waals surface area (Å²) in [6, 6.07) is 0. The van der Waals surface area contributed by atoms with Gasteiger partial charge in [0.1, 0.15) is 0 Å². The van der Waals surface area contributed by atoms with E-state index in [-0.39, 0.29) is 0 Å². The summed E-state index contributed by atoms with van der Waals surface area (Å²) < 4.78 is 1.38. The Morgan fingerprint density at radius 2 is 1.10 bits per heavy atom. The van der Waals surface area contributed by atoms with Crippen LogP contribution in [0.2, 0.25) is 39.3 Å². The van der Waals surface area contributed by atoms with Crippen LogP contribution in [0.3, 0.4) is 0 Å². The van der Waals surface area contributed by atoms with Crippen molar-refractivity contribution in [2.45, 2.75) is 67.0 Å². The lowest BCUT2D eigenvalue weighted by atomic mass is 10.6. The summed E-state index contributed by atoms with van der Waals surface area (Å²) in [4.78, 5) is 2.52. The molecule has 0 aliphatic rings. The highest BCUT2D eigenvalue weighted by Gasteiger charge is 2.15. The Hall–Kier alpha value is 1.08. The molecule has 21 heavy (non-hydrogen) atoms. The number of alkyl halides is 1. The average Bonchev–Trinajstić information content (AvgIpc) is 2.36. The van der Waals surface area contributed by atoms with Gasteiger partial charge in [-0.05, 0) is 36.4 Å². The van der Waals surface area contributed by atoms with E-state index >= 15 is 0 Å². The number of hydrogen-bond donors (Lipinski definition) is 1. The van der Waals surface area contributed by atoms with Crippen LogP contribution in [0.5, 0.6) is 0 Å². The van der Waals surface area contributed by atoms with Crippen LogP contribution in [-0.4, -0.2) is 57.4 Å². The first-order valence-corrected chi connectivity index (χ1v) is 17.4. The number of nitrogens with one attached hydrogen (secondary N) is 1. The molecule has 5 heteroatoms. The summed E-state index contributed by atoms with van der Waals surface area (Å²) >= 11 is 2.46. The van der Waals surface area contributed by atoms with Gasteiger partial charge in [-0.25, -0.2) is 0 Å². The predicted octanol–water partition coefficient (Wildman–Crippen LogP) is 5.12. The molecule has 0 amide bonds. The van der Waals surface area contributed by atoms with E-state index in [1.807, 2.05) is 0 Å². The SMILES string of the molecule is CCN(CC)C[Si](C)(C)C.CCNCC.C[Si](C)(C)CI. The molecule has 0 rings (SSSR count). The van der Waals surface area contributed by atoms with Crippen molar-refractivity contribution >= 4 is 38.7 Å². The molecule has 0 saturated carbocycles. The largest absolute Gasteiger partial charge is 0.317 e. The van der Waals surface area contributed by atoms with Gasteiger partial charge in [-0.3, -0.25) is 0 Å². The van der Waals surface area contributed by atoms with Gasteiger partial charge in [0.15, 0.2) is 0 Å². The van der Waals surface area contributed by atoms with Crippen molar-refractivity contribution in [1.82, 2.24) is 10.2 Å². The fourth-order valence-electron chi connectivity index (χ4n) is 1.37. The van der Waals surface area contributed by atoms with Crippen molar-refractivity contribution in [2.75, 3.05) is 36.4 Å². The second kappa shape index (κ2) is 16.0. The van der Waals surface area contributed by atoms with Gasteiger partial charge >= 0.3 is 0 Å². The minimum atomic E-state index is -0.836. The zero-order valence-electron chi connectivity index (χ0n) is 16.6. The molecule has 0 radical (unpaired) electrons. The number of hydrogen-bond acceptors (Lipinski definition) is 2. The monoisotopic (exact) mass is 446 g/mol. The first-order valence-electron chi connectivity index (χ1n) is 8.46. The lowest BCUT2D eigenvalue weighted by molar-refractivity contribution is 0.348. The van der Waals surface area contributed by atoms with E-state index in [9.17, 15) is 0 Å². The van der Waals surface area contributed by atoms with Gasteiger partial charge in [0.25, 0.3) is 0 Å². The highest BCUT2D eigenvalue weighted by Crippen LogP contribution is 2.03. The summed E-state index contributed by atoms with van der Waals surface area (Å²) in [5.74, 6) is 0. The van der Waals surface area contributed by atoms with Crippen LogP contribution in [-0.2, 0) is 0 Å². The van der Waals surface area contributed by atoms with Crippen molar-refractivity contribution in [2.24, 2.45) is 0 Å². The Bertz CT molecular complexity index is 195. The van der Waals surface area contributed by atoms with E-state index in [1.165, 1.54) is 23.3 Å². The smallest absolute Gasteiger partial charge is 0.0599 e. The summed E-state index contributed by atoms with van der Waals surface area (Å²) in [6.07, 6.45) is 1.35. The van der Waals surface area contributed by atoms with Crippen molar-refractivity contribution in [3.63, 3.8) is 0 Å². The van der Waals surface area contributed by atoms with E-state index in [0.29, 0.717) is 0 Å². The molecule has 0 aromatic carbocycles. The van der Waals surface area contributed by atoms with Gasteiger partial charge in [-0.1, -0.05) is 89.6 Å². The maximum absolute atomic E-state index is 3.11. The van der Waals surface area contributed by atoms with Crippen molar-refractivity contribution < 1.29 is 0 Å². The molecule has 0 aromatic rings. The molecule has 0 bridgehead atoms. The second-order valence-corrected chi connectivity index (χ2v) is 20.8. The summed E-state index contributed by atoms with van der Waals surface area (Å²) in [6.45, 7) is 27.7. The van der Waals surface area contributed by atoms with Crippen LogP contribution in [0.15, 0.2) is 0 Å². The molecular formula is C16H43IN2Si2. The summed E-state index contributed by atoms with van der Waals surface area (Å²) in [5, 5.41) is 3.11. The Morgan fingerprint density at radius 3 is 1.14 bits per heavy atom. The van der Waals surface area contributed by atoms with Gasteiger partial charge in [0, 0.05) is 0 Å². The van der Waals surface area contributed by atoms with Gasteiger partial charge in [-0.2, -0.15) is 0 Å². The average molecular weight is 447 g/mol. The third-order valence-electron chi connectivity index (χ3n) is 2.49. The van der Waals surface area contributed by atoms with Crippen LogP contribution < -0.4 is 5.32 Å². The molecule has 0 aliphatic heterocycles. The standard InChI is InChI=1S/C8H21NSi.C4H11ISi.C4H11N/c1-6-9(7-2)8-10(3,4)5;1-6(2,3)4-5;1-3-5-4-2/h6-8H2,1-5H3;4H2,1-3H3;5H,3-4H2,1-2H3. The topological polar surface area (TPSA) is 15.3 Å². The molecule has 2 nitrogen and oxygen atoms in total.